The van der Waals surface area contributed by atoms with Crippen molar-refractivity contribution in [3.8, 4) is 0 Å². The molecule has 18 heavy (non-hydrogen) atoms. The summed E-state index contributed by atoms with van der Waals surface area (Å²) in [6, 6.07) is 3.59. The first-order valence-electron chi connectivity index (χ1n) is 6.58. The van der Waals surface area contributed by atoms with Gasteiger partial charge in [0.15, 0.2) is 0 Å². The van der Waals surface area contributed by atoms with E-state index in [9.17, 15) is 9.59 Å². The fourth-order valence-electron chi connectivity index (χ4n) is 2.66. The van der Waals surface area contributed by atoms with Crippen LogP contribution in [0, 0.1) is 11.8 Å². The van der Waals surface area contributed by atoms with E-state index in [1.165, 1.54) is 0 Å². The number of hydrogen-bond donors (Lipinski definition) is 0. The molecule has 0 aromatic carbocycles. The number of aromatic nitrogens is 1. The molecule has 1 saturated carbocycles. The van der Waals surface area contributed by atoms with Gasteiger partial charge in [-0.05, 0) is 23.5 Å². The van der Waals surface area contributed by atoms with Gasteiger partial charge in [0.25, 0.3) is 0 Å². The zero-order valence-corrected chi connectivity index (χ0v) is 10.9. The summed E-state index contributed by atoms with van der Waals surface area (Å²) < 4.78 is 0. The summed E-state index contributed by atoms with van der Waals surface area (Å²) in [4.78, 5) is 28.4. The molecule has 1 aliphatic carbocycles. The van der Waals surface area contributed by atoms with Gasteiger partial charge in [-0.3, -0.25) is 14.6 Å². The van der Waals surface area contributed by atoms with Crippen LogP contribution in [0.2, 0.25) is 0 Å². The van der Waals surface area contributed by atoms with E-state index in [0.717, 1.165) is 12.0 Å². The van der Waals surface area contributed by atoms with Gasteiger partial charge in [-0.25, -0.2) is 0 Å². The van der Waals surface area contributed by atoms with Crippen molar-refractivity contribution in [2.45, 2.75) is 39.0 Å². The summed E-state index contributed by atoms with van der Waals surface area (Å²) in [7, 11) is 0. The van der Waals surface area contributed by atoms with Gasteiger partial charge in [-0.2, -0.15) is 0 Å². The van der Waals surface area contributed by atoms with Crippen LogP contribution >= 0.6 is 0 Å². The van der Waals surface area contributed by atoms with Crippen LogP contribution in [0.15, 0.2) is 24.5 Å². The Morgan fingerprint density at radius 3 is 2.50 bits per heavy atom. The van der Waals surface area contributed by atoms with Crippen LogP contribution < -0.4 is 0 Å². The highest BCUT2D eigenvalue weighted by molar-refractivity contribution is 6.09. The van der Waals surface area contributed by atoms with E-state index >= 15 is 0 Å². The largest absolute Gasteiger partial charge is 0.299 e. The maximum Gasteiger partial charge on any atom is 0.148 e. The van der Waals surface area contributed by atoms with Crippen molar-refractivity contribution in [2.24, 2.45) is 11.8 Å². The molecule has 1 aromatic rings. The molecule has 1 aliphatic rings. The average Bonchev–Trinajstić information content (AvgIpc) is 2.38. The number of carbonyl (C=O) groups excluding carboxylic acids is 2. The van der Waals surface area contributed by atoms with Crippen LogP contribution in [0.1, 0.15) is 44.6 Å². The van der Waals surface area contributed by atoms with Crippen LogP contribution in [0.25, 0.3) is 0 Å². The van der Waals surface area contributed by atoms with E-state index in [4.69, 9.17) is 0 Å². The highest BCUT2D eigenvalue weighted by Gasteiger charge is 2.37. The predicted molar refractivity (Wildman–Crippen MR) is 69.2 cm³/mol. The predicted octanol–water partition coefficient (Wildman–Crippen LogP) is 2.76. The van der Waals surface area contributed by atoms with Crippen molar-refractivity contribution < 1.29 is 9.59 Å². The van der Waals surface area contributed by atoms with Crippen molar-refractivity contribution in [1.82, 2.24) is 4.98 Å². The Morgan fingerprint density at radius 1 is 1.33 bits per heavy atom. The van der Waals surface area contributed by atoms with Gasteiger partial charge < -0.3 is 0 Å². The first kappa shape index (κ1) is 12.9. The Balaban J connectivity index is 2.18. The Labute approximate surface area is 108 Å². The molecule has 2 rings (SSSR count). The molecule has 3 heteroatoms. The molecule has 0 radical (unpaired) electrons. The first-order chi connectivity index (χ1) is 8.63. The number of nitrogens with zero attached hydrogens (tertiary/aromatic N) is 1. The Morgan fingerprint density at radius 2 is 2.00 bits per heavy atom. The van der Waals surface area contributed by atoms with Crippen LogP contribution in [0.5, 0.6) is 0 Å². The molecule has 1 fully saturated rings. The minimum Gasteiger partial charge on any atom is -0.299 e. The topological polar surface area (TPSA) is 47.0 Å². The summed E-state index contributed by atoms with van der Waals surface area (Å²) in [5, 5.41) is 0. The molecule has 0 N–H and O–H groups in total. The molecule has 0 bridgehead atoms. The van der Waals surface area contributed by atoms with E-state index in [1.54, 1.807) is 18.5 Å². The van der Waals surface area contributed by atoms with Gasteiger partial charge in [0, 0.05) is 25.2 Å². The SMILES string of the molecule is CCC(C)C1CC(=O)C(c2cccnc2)C(=O)C1. The van der Waals surface area contributed by atoms with Crippen molar-refractivity contribution in [3.05, 3.63) is 30.1 Å². The lowest BCUT2D eigenvalue weighted by Gasteiger charge is -2.29. The third-order valence-electron chi connectivity index (χ3n) is 4.04. The van der Waals surface area contributed by atoms with Gasteiger partial charge in [-0.1, -0.05) is 26.3 Å². The lowest BCUT2D eigenvalue weighted by atomic mass is 9.72. The summed E-state index contributed by atoms with van der Waals surface area (Å²) in [6.07, 6.45) is 5.36. The Hall–Kier alpha value is -1.51. The molecule has 3 nitrogen and oxygen atoms in total. The zero-order chi connectivity index (χ0) is 13.1. The Bertz CT molecular complexity index is 423. The lowest BCUT2D eigenvalue weighted by Crippen LogP contribution is -2.34. The van der Waals surface area contributed by atoms with E-state index in [0.29, 0.717) is 18.8 Å². The van der Waals surface area contributed by atoms with E-state index in [1.807, 2.05) is 6.07 Å². The quantitative estimate of drug-likeness (QED) is 0.769. The normalized spacial score (nSPS) is 26.1. The summed E-state index contributed by atoms with van der Waals surface area (Å²) >= 11 is 0. The highest BCUT2D eigenvalue weighted by atomic mass is 16.2. The van der Waals surface area contributed by atoms with Crippen molar-refractivity contribution >= 4 is 11.6 Å². The molecule has 0 amide bonds. The maximum absolute atomic E-state index is 12.2. The summed E-state index contributed by atoms with van der Waals surface area (Å²) in [5.74, 6) is 0.212. The fourth-order valence-corrected chi connectivity index (χ4v) is 2.66. The fraction of sp³-hybridized carbons (Fsp3) is 0.533. The van der Waals surface area contributed by atoms with E-state index in [-0.39, 0.29) is 17.5 Å². The van der Waals surface area contributed by atoms with Gasteiger partial charge in [0.2, 0.25) is 0 Å². The number of rotatable bonds is 3. The number of carbonyl (C=O) groups is 2. The van der Waals surface area contributed by atoms with Crippen molar-refractivity contribution in [3.63, 3.8) is 0 Å². The van der Waals surface area contributed by atoms with Crippen LogP contribution in [-0.4, -0.2) is 16.6 Å². The van der Waals surface area contributed by atoms with Gasteiger partial charge >= 0.3 is 0 Å². The second-order valence-electron chi connectivity index (χ2n) is 5.21. The van der Waals surface area contributed by atoms with Gasteiger partial charge in [0.1, 0.15) is 17.5 Å². The molecule has 1 unspecified atom stereocenters. The number of Topliss-reactive ketones (excluding diaryl/α,β-unsaturated/α-hetero) is 2. The molecular formula is C15H19NO2. The first-order valence-corrected chi connectivity index (χ1v) is 6.58. The molecule has 1 heterocycles. The molecule has 0 saturated heterocycles. The lowest BCUT2D eigenvalue weighted by molar-refractivity contribution is -0.134. The molecule has 1 aromatic heterocycles. The smallest absolute Gasteiger partial charge is 0.148 e. The standard InChI is InChI=1S/C15H19NO2/c1-3-10(2)12-7-13(17)15(14(18)8-12)11-5-4-6-16-9-11/h4-6,9-10,12,15H,3,7-8H2,1-2H3. The van der Waals surface area contributed by atoms with Crippen LogP contribution in [0.4, 0.5) is 0 Å². The highest BCUT2D eigenvalue weighted by Crippen LogP contribution is 2.34. The number of pyridine rings is 1. The summed E-state index contributed by atoms with van der Waals surface area (Å²) in [6.45, 7) is 4.22. The molecule has 0 aliphatic heterocycles. The average molecular weight is 245 g/mol. The van der Waals surface area contributed by atoms with Crippen LogP contribution in [0.3, 0.4) is 0 Å². The van der Waals surface area contributed by atoms with E-state index in [2.05, 4.69) is 18.8 Å². The Kier molecular flexibility index (Phi) is 3.90. The van der Waals surface area contributed by atoms with Crippen LogP contribution in [-0.2, 0) is 9.59 Å². The van der Waals surface area contributed by atoms with E-state index < -0.39 is 5.92 Å². The third-order valence-corrected chi connectivity index (χ3v) is 4.04. The molecule has 96 valence electrons. The monoisotopic (exact) mass is 245 g/mol. The minimum atomic E-state index is -0.570. The van der Waals surface area contributed by atoms with Crippen molar-refractivity contribution in [2.75, 3.05) is 0 Å². The second-order valence-corrected chi connectivity index (χ2v) is 5.21. The molecular weight excluding hydrogens is 226 g/mol. The van der Waals surface area contributed by atoms with Gasteiger partial charge in [-0.15, -0.1) is 0 Å². The second kappa shape index (κ2) is 5.42. The maximum atomic E-state index is 12.2. The zero-order valence-electron chi connectivity index (χ0n) is 10.9. The molecule has 1 atom stereocenters. The van der Waals surface area contributed by atoms with Gasteiger partial charge in [0.05, 0.1) is 0 Å². The number of ketones is 2. The molecule has 0 spiro atoms. The van der Waals surface area contributed by atoms with Crippen molar-refractivity contribution in [1.29, 1.82) is 0 Å². The summed E-state index contributed by atoms with van der Waals surface area (Å²) in [5.41, 5.74) is 0.745. The number of hydrogen-bond acceptors (Lipinski definition) is 3. The minimum absolute atomic E-state index is 0.0598. The third kappa shape index (κ3) is 2.50.